The molecule has 3 heteroatoms. The average molecular weight is 165 g/mol. The Kier molecular flexibility index (Phi) is 2.13. The van der Waals surface area contributed by atoms with Crippen LogP contribution >= 0.6 is 0 Å². The van der Waals surface area contributed by atoms with Gasteiger partial charge >= 0.3 is 0 Å². The van der Waals surface area contributed by atoms with Crippen molar-refractivity contribution in [3.05, 3.63) is 17.7 Å². The highest BCUT2D eigenvalue weighted by molar-refractivity contribution is 5.07. The summed E-state index contributed by atoms with van der Waals surface area (Å²) < 4.78 is 0. The van der Waals surface area contributed by atoms with Crippen LogP contribution in [0.25, 0.3) is 0 Å². The summed E-state index contributed by atoms with van der Waals surface area (Å²) in [7, 11) is 0. The fraction of sp³-hybridized carbons (Fsp3) is 0.667. The topological polar surface area (TPSA) is 40.7 Å². The minimum atomic E-state index is 0.616. The first-order valence-corrected chi connectivity index (χ1v) is 4.64. The molecular weight excluding hydrogens is 150 g/mol. The molecule has 0 aliphatic carbocycles. The number of H-pyrrole nitrogens is 1. The number of nitrogens with one attached hydrogen (secondary N) is 2. The first kappa shape index (κ1) is 7.80. The van der Waals surface area contributed by atoms with Gasteiger partial charge in [0, 0.05) is 24.4 Å². The standard InChI is InChI=1S/C9H15N3/c1-2-8-6-11-9(12-8)7-3-4-10-5-7/h6-7,10H,2-5H2,1H3,(H,11,12). The average Bonchev–Trinajstić information content (AvgIpc) is 2.75. The van der Waals surface area contributed by atoms with E-state index in [0.29, 0.717) is 5.92 Å². The maximum Gasteiger partial charge on any atom is 0.110 e. The van der Waals surface area contributed by atoms with E-state index in [-0.39, 0.29) is 0 Å². The van der Waals surface area contributed by atoms with E-state index >= 15 is 0 Å². The smallest absolute Gasteiger partial charge is 0.110 e. The molecule has 12 heavy (non-hydrogen) atoms. The molecule has 1 unspecified atom stereocenters. The number of aryl methyl sites for hydroxylation is 1. The Labute approximate surface area is 72.6 Å². The lowest BCUT2D eigenvalue weighted by molar-refractivity contribution is 0.711. The molecule has 2 heterocycles. The van der Waals surface area contributed by atoms with Crippen LogP contribution in [0.1, 0.15) is 30.8 Å². The molecular formula is C9H15N3. The van der Waals surface area contributed by atoms with E-state index in [0.717, 1.165) is 25.3 Å². The molecule has 2 rings (SSSR count). The normalized spacial score (nSPS) is 23.2. The van der Waals surface area contributed by atoms with Gasteiger partial charge in [0.2, 0.25) is 0 Å². The van der Waals surface area contributed by atoms with E-state index in [1.165, 1.54) is 12.1 Å². The van der Waals surface area contributed by atoms with Crippen LogP contribution < -0.4 is 5.32 Å². The summed E-state index contributed by atoms with van der Waals surface area (Å²) in [5, 5.41) is 3.34. The molecule has 0 saturated carbocycles. The molecule has 1 aliphatic heterocycles. The van der Waals surface area contributed by atoms with Crippen molar-refractivity contribution in [1.82, 2.24) is 15.3 Å². The number of imidazole rings is 1. The molecule has 66 valence electrons. The molecule has 0 bridgehead atoms. The first-order chi connectivity index (χ1) is 5.90. The van der Waals surface area contributed by atoms with Crippen LogP contribution in [-0.2, 0) is 6.42 Å². The van der Waals surface area contributed by atoms with Crippen LogP contribution in [0.2, 0.25) is 0 Å². The summed E-state index contributed by atoms with van der Waals surface area (Å²) in [6.07, 6.45) is 4.22. The second kappa shape index (κ2) is 3.27. The van der Waals surface area contributed by atoms with E-state index in [1.807, 2.05) is 6.20 Å². The van der Waals surface area contributed by atoms with Gasteiger partial charge in [-0.2, -0.15) is 0 Å². The molecule has 1 atom stereocenters. The lowest BCUT2D eigenvalue weighted by atomic mass is 10.1. The molecule has 0 aromatic carbocycles. The van der Waals surface area contributed by atoms with E-state index in [4.69, 9.17) is 0 Å². The predicted octanol–water partition coefficient (Wildman–Crippen LogP) is 1.05. The van der Waals surface area contributed by atoms with Crippen LogP contribution in [-0.4, -0.2) is 23.1 Å². The van der Waals surface area contributed by atoms with Gasteiger partial charge in [0.1, 0.15) is 5.82 Å². The highest BCUT2D eigenvalue weighted by Crippen LogP contribution is 2.18. The number of rotatable bonds is 2. The van der Waals surface area contributed by atoms with Crippen LogP contribution in [0.3, 0.4) is 0 Å². The summed E-state index contributed by atoms with van der Waals surface area (Å²) in [4.78, 5) is 7.73. The van der Waals surface area contributed by atoms with Gasteiger partial charge in [-0.1, -0.05) is 6.92 Å². The Morgan fingerprint density at radius 2 is 2.58 bits per heavy atom. The summed E-state index contributed by atoms with van der Waals surface area (Å²) in [5.41, 5.74) is 1.25. The van der Waals surface area contributed by atoms with Gasteiger partial charge in [-0.25, -0.2) is 4.98 Å². The zero-order valence-corrected chi connectivity index (χ0v) is 7.43. The monoisotopic (exact) mass is 165 g/mol. The van der Waals surface area contributed by atoms with Crippen molar-refractivity contribution in [2.45, 2.75) is 25.7 Å². The molecule has 0 spiro atoms. The Bertz CT molecular complexity index is 248. The second-order valence-electron chi connectivity index (χ2n) is 3.34. The fourth-order valence-electron chi connectivity index (χ4n) is 1.65. The van der Waals surface area contributed by atoms with Gasteiger partial charge < -0.3 is 10.3 Å². The first-order valence-electron chi connectivity index (χ1n) is 4.64. The molecule has 3 nitrogen and oxygen atoms in total. The third-order valence-corrected chi connectivity index (χ3v) is 2.48. The van der Waals surface area contributed by atoms with Crippen molar-refractivity contribution in [3.63, 3.8) is 0 Å². The summed E-state index contributed by atoms with van der Waals surface area (Å²) >= 11 is 0. The molecule has 1 saturated heterocycles. The van der Waals surface area contributed by atoms with Crippen molar-refractivity contribution in [2.24, 2.45) is 0 Å². The van der Waals surface area contributed by atoms with E-state index < -0.39 is 0 Å². The lowest BCUT2D eigenvalue weighted by Crippen LogP contribution is -2.08. The molecule has 0 radical (unpaired) electrons. The third kappa shape index (κ3) is 1.37. The number of nitrogens with zero attached hydrogens (tertiary/aromatic N) is 1. The maximum absolute atomic E-state index is 4.37. The maximum atomic E-state index is 4.37. The zero-order valence-electron chi connectivity index (χ0n) is 7.43. The Morgan fingerprint density at radius 1 is 1.67 bits per heavy atom. The van der Waals surface area contributed by atoms with Crippen molar-refractivity contribution in [1.29, 1.82) is 0 Å². The number of hydrogen-bond acceptors (Lipinski definition) is 2. The Balaban J connectivity index is 2.11. The predicted molar refractivity (Wildman–Crippen MR) is 48.2 cm³/mol. The van der Waals surface area contributed by atoms with E-state index in [9.17, 15) is 0 Å². The summed E-state index contributed by atoms with van der Waals surface area (Å²) in [5.74, 6) is 1.78. The van der Waals surface area contributed by atoms with Crippen LogP contribution in [0, 0.1) is 0 Å². The van der Waals surface area contributed by atoms with Gasteiger partial charge in [-0.05, 0) is 19.4 Å². The summed E-state index contributed by atoms with van der Waals surface area (Å²) in [6, 6.07) is 0. The Morgan fingerprint density at radius 3 is 3.17 bits per heavy atom. The number of aromatic nitrogens is 2. The fourth-order valence-corrected chi connectivity index (χ4v) is 1.65. The van der Waals surface area contributed by atoms with Crippen LogP contribution in [0.5, 0.6) is 0 Å². The van der Waals surface area contributed by atoms with Crippen LogP contribution in [0.4, 0.5) is 0 Å². The van der Waals surface area contributed by atoms with Gasteiger partial charge in [-0.3, -0.25) is 0 Å². The minimum Gasteiger partial charge on any atom is -0.346 e. The highest BCUT2D eigenvalue weighted by atomic mass is 15.0. The molecule has 1 aliphatic rings. The molecule has 1 aromatic rings. The zero-order chi connectivity index (χ0) is 8.39. The molecule has 0 amide bonds. The highest BCUT2D eigenvalue weighted by Gasteiger charge is 2.18. The molecule has 2 N–H and O–H groups in total. The number of aromatic amines is 1. The molecule has 1 aromatic heterocycles. The second-order valence-corrected chi connectivity index (χ2v) is 3.34. The van der Waals surface area contributed by atoms with E-state index in [2.05, 4.69) is 22.2 Å². The van der Waals surface area contributed by atoms with Crippen molar-refractivity contribution < 1.29 is 0 Å². The molecule has 1 fully saturated rings. The van der Waals surface area contributed by atoms with Gasteiger partial charge in [-0.15, -0.1) is 0 Å². The van der Waals surface area contributed by atoms with Crippen LogP contribution in [0.15, 0.2) is 6.20 Å². The van der Waals surface area contributed by atoms with Crippen molar-refractivity contribution >= 4 is 0 Å². The van der Waals surface area contributed by atoms with Gasteiger partial charge in [0.05, 0.1) is 0 Å². The third-order valence-electron chi connectivity index (χ3n) is 2.48. The largest absolute Gasteiger partial charge is 0.346 e. The SMILES string of the molecule is CCc1cnc(C2CCNC2)[nH]1. The van der Waals surface area contributed by atoms with Gasteiger partial charge in [0.25, 0.3) is 0 Å². The van der Waals surface area contributed by atoms with Crippen molar-refractivity contribution in [3.8, 4) is 0 Å². The quantitative estimate of drug-likeness (QED) is 0.687. The van der Waals surface area contributed by atoms with Crippen molar-refractivity contribution in [2.75, 3.05) is 13.1 Å². The number of hydrogen-bond donors (Lipinski definition) is 2. The minimum absolute atomic E-state index is 0.616. The van der Waals surface area contributed by atoms with Gasteiger partial charge in [0.15, 0.2) is 0 Å². The Hall–Kier alpha value is -0.830. The lowest BCUT2D eigenvalue weighted by Gasteiger charge is -2.02. The summed E-state index contributed by atoms with van der Waals surface area (Å²) in [6.45, 7) is 4.35. The van der Waals surface area contributed by atoms with E-state index in [1.54, 1.807) is 0 Å².